The quantitative estimate of drug-likeness (QED) is 0.817. The minimum Gasteiger partial charge on any atom is -0.496 e. The Morgan fingerprint density at radius 1 is 1.22 bits per heavy atom. The number of ether oxygens (including phenoxy) is 1. The minimum atomic E-state index is 0. The SMILES string of the molecule is COc1ccc(CN2CCC3(CCCNC3)C2)cc1Cn1cccn1.Cl.Cl. The first-order valence-corrected chi connectivity index (χ1v) is 9.33. The van der Waals surface area contributed by atoms with Crippen LogP contribution in [0.25, 0.3) is 0 Å². The van der Waals surface area contributed by atoms with Gasteiger partial charge in [-0.1, -0.05) is 6.07 Å². The highest BCUT2D eigenvalue weighted by molar-refractivity contribution is 5.85. The zero-order chi connectivity index (χ0) is 17.1. The number of hydrogen-bond acceptors (Lipinski definition) is 4. The van der Waals surface area contributed by atoms with Crippen molar-refractivity contribution in [3.63, 3.8) is 0 Å². The van der Waals surface area contributed by atoms with Crippen molar-refractivity contribution in [1.29, 1.82) is 0 Å². The number of methoxy groups -OCH3 is 1. The van der Waals surface area contributed by atoms with Gasteiger partial charge in [0.2, 0.25) is 0 Å². The highest BCUT2D eigenvalue weighted by atomic mass is 35.5. The molecule has 0 saturated carbocycles. The van der Waals surface area contributed by atoms with Gasteiger partial charge in [-0.05, 0) is 61.5 Å². The number of piperidine rings is 1. The molecule has 0 radical (unpaired) electrons. The van der Waals surface area contributed by atoms with Crippen LogP contribution < -0.4 is 10.1 Å². The van der Waals surface area contributed by atoms with E-state index in [9.17, 15) is 0 Å². The van der Waals surface area contributed by atoms with E-state index in [2.05, 4.69) is 33.5 Å². The summed E-state index contributed by atoms with van der Waals surface area (Å²) in [7, 11) is 1.74. The van der Waals surface area contributed by atoms with Crippen molar-refractivity contribution in [1.82, 2.24) is 20.0 Å². The second kappa shape index (κ2) is 9.78. The summed E-state index contributed by atoms with van der Waals surface area (Å²) in [6, 6.07) is 8.54. The Hall–Kier alpha value is -1.27. The molecule has 150 valence electrons. The number of aromatic nitrogens is 2. The van der Waals surface area contributed by atoms with E-state index in [4.69, 9.17) is 4.74 Å². The maximum absolute atomic E-state index is 5.55. The molecule has 2 aromatic rings. The number of benzene rings is 1. The van der Waals surface area contributed by atoms with Crippen molar-refractivity contribution in [3.8, 4) is 5.75 Å². The molecule has 1 spiro atoms. The van der Waals surface area contributed by atoms with Crippen LogP contribution in [0.3, 0.4) is 0 Å². The predicted octanol–water partition coefficient (Wildman–Crippen LogP) is 3.36. The molecule has 2 aliphatic heterocycles. The number of likely N-dealkylation sites (tertiary alicyclic amines) is 1. The second-order valence-electron chi connectivity index (χ2n) is 7.59. The van der Waals surface area contributed by atoms with Crippen LogP contribution in [0, 0.1) is 5.41 Å². The molecule has 2 aliphatic rings. The molecule has 3 heterocycles. The van der Waals surface area contributed by atoms with Gasteiger partial charge in [0.25, 0.3) is 0 Å². The first-order chi connectivity index (χ1) is 12.3. The van der Waals surface area contributed by atoms with Gasteiger partial charge in [-0.3, -0.25) is 9.58 Å². The van der Waals surface area contributed by atoms with E-state index in [0.29, 0.717) is 5.41 Å². The van der Waals surface area contributed by atoms with Crippen LogP contribution >= 0.6 is 24.8 Å². The molecule has 0 aliphatic carbocycles. The van der Waals surface area contributed by atoms with Crippen LogP contribution in [0.15, 0.2) is 36.7 Å². The maximum atomic E-state index is 5.55. The standard InChI is InChI=1S/C20H28N4O.2ClH/c1-25-19-5-4-17(12-18(19)14-24-10-3-9-22-24)13-23-11-7-20(16-23)6-2-8-21-15-20;;/h3-5,9-10,12,21H,2,6-8,11,13-16H2,1H3;2*1H. The van der Waals surface area contributed by atoms with Crippen molar-refractivity contribution in [2.75, 3.05) is 33.3 Å². The molecule has 1 atom stereocenters. The van der Waals surface area contributed by atoms with Crippen LogP contribution in [-0.2, 0) is 13.1 Å². The molecule has 4 rings (SSSR count). The van der Waals surface area contributed by atoms with Crippen molar-refractivity contribution < 1.29 is 4.74 Å². The Bertz CT molecular complexity index is 702. The number of halogens is 2. The molecule has 7 heteroatoms. The van der Waals surface area contributed by atoms with Crippen molar-refractivity contribution in [2.45, 2.75) is 32.4 Å². The Labute approximate surface area is 174 Å². The van der Waals surface area contributed by atoms with Gasteiger partial charge in [0.1, 0.15) is 5.75 Å². The van der Waals surface area contributed by atoms with Crippen LogP contribution in [0.4, 0.5) is 0 Å². The van der Waals surface area contributed by atoms with E-state index in [1.807, 2.05) is 23.1 Å². The van der Waals surface area contributed by atoms with Crippen molar-refractivity contribution in [2.24, 2.45) is 5.41 Å². The lowest BCUT2D eigenvalue weighted by molar-refractivity contribution is 0.199. The average Bonchev–Trinajstić information content (AvgIpc) is 3.27. The summed E-state index contributed by atoms with van der Waals surface area (Å²) in [4.78, 5) is 2.62. The summed E-state index contributed by atoms with van der Waals surface area (Å²) in [5, 5.41) is 7.92. The number of rotatable bonds is 5. The van der Waals surface area contributed by atoms with Gasteiger partial charge in [0.05, 0.1) is 13.7 Å². The molecule has 1 N–H and O–H groups in total. The van der Waals surface area contributed by atoms with Gasteiger partial charge in [0, 0.05) is 37.6 Å². The molecular weight excluding hydrogens is 383 g/mol. The van der Waals surface area contributed by atoms with E-state index in [1.165, 1.54) is 56.6 Å². The highest BCUT2D eigenvalue weighted by Crippen LogP contribution is 2.37. The average molecular weight is 413 g/mol. The second-order valence-corrected chi connectivity index (χ2v) is 7.59. The Kier molecular flexibility index (Phi) is 7.98. The molecule has 1 aromatic heterocycles. The summed E-state index contributed by atoms with van der Waals surface area (Å²) >= 11 is 0. The molecule has 2 saturated heterocycles. The Balaban J connectivity index is 0.00000131. The molecule has 2 fully saturated rings. The molecule has 1 aromatic carbocycles. The third kappa shape index (κ3) is 5.17. The lowest BCUT2D eigenvalue weighted by Gasteiger charge is -2.34. The zero-order valence-electron chi connectivity index (χ0n) is 15.9. The fourth-order valence-electron chi connectivity index (χ4n) is 4.42. The van der Waals surface area contributed by atoms with E-state index < -0.39 is 0 Å². The van der Waals surface area contributed by atoms with Crippen LogP contribution in [0.5, 0.6) is 5.75 Å². The van der Waals surface area contributed by atoms with E-state index in [-0.39, 0.29) is 24.8 Å². The zero-order valence-corrected chi connectivity index (χ0v) is 17.5. The van der Waals surface area contributed by atoms with E-state index in [1.54, 1.807) is 7.11 Å². The van der Waals surface area contributed by atoms with Crippen LogP contribution in [-0.4, -0.2) is 48.0 Å². The summed E-state index contributed by atoms with van der Waals surface area (Å²) in [6.07, 6.45) is 7.84. The van der Waals surface area contributed by atoms with Crippen LogP contribution in [0.2, 0.25) is 0 Å². The molecular formula is C20H30Cl2N4O. The fourth-order valence-corrected chi connectivity index (χ4v) is 4.42. The molecule has 0 amide bonds. The normalized spacial score (nSPS) is 22.3. The molecule has 1 unspecified atom stereocenters. The lowest BCUT2D eigenvalue weighted by Crippen LogP contribution is -2.41. The maximum Gasteiger partial charge on any atom is 0.123 e. The Morgan fingerprint density at radius 2 is 2.11 bits per heavy atom. The topological polar surface area (TPSA) is 42.3 Å². The summed E-state index contributed by atoms with van der Waals surface area (Å²) in [6.45, 7) is 6.59. The highest BCUT2D eigenvalue weighted by Gasteiger charge is 2.38. The molecule has 0 bridgehead atoms. The molecule has 27 heavy (non-hydrogen) atoms. The van der Waals surface area contributed by atoms with Gasteiger partial charge < -0.3 is 10.1 Å². The lowest BCUT2D eigenvalue weighted by atomic mass is 9.80. The summed E-state index contributed by atoms with van der Waals surface area (Å²) in [5.41, 5.74) is 3.07. The minimum absolute atomic E-state index is 0. The third-order valence-electron chi connectivity index (χ3n) is 5.72. The number of nitrogens with one attached hydrogen (secondary N) is 1. The number of hydrogen-bond donors (Lipinski definition) is 1. The van der Waals surface area contributed by atoms with E-state index in [0.717, 1.165) is 18.8 Å². The van der Waals surface area contributed by atoms with Gasteiger partial charge >= 0.3 is 0 Å². The molecule has 5 nitrogen and oxygen atoms in total. The first-order valence-electron chi connectivity index (χ1n) is 9.33. The first kappa shape index (κ1) is 22.0. The predicted molar refractivity (Wildman–Crippen MR) is 113 cm³/mol. The fraction of sp³-hybridized carbons (Fsp3) is 0.550. The van der Waals surface area contributed by atoms with Crippen molar-refractivity contribution in [3.05, 3.63) is 47.8 Å². The van der Waals surface area contributed by atoms with Gasteiger partial charge in [0.15, 0.2) is 0 Å². The van der Waals surface area contributed by atoms with Crippen LogP contribution in [0.1, 0.15) is 30.4 Å². The summed E-state index contributed by atoms with van der Waals surface area (Å²) < 4.78 is 7.49. The largest absolute Gasteiger partial charge is 0.496 e. The Morgan fingerprint density at radius 3 is 2.81 bits per heavy atom. The monoisotopic (exact) mass is 412 g/mol. The smallest absolute Gasteiger partial charge is 0.123 e. The third-order valence-corrected chi connectivity index (χ3v) is 5.72. The van der Waals surface area contributed by atoms with Gasteiger partial charge in [-0.15, -0.1) is 24.8 Å². The van der Waals surface area contributed by atoms with Gasteiger partial charge in [-0.2, -0.15) is 5.10 Å². The van der Waals surface area contributed by atoms with Crippen molar-refractivity contribution >= 4 is 24.8 Å². The summed E-state index contributed by atoms with van der Waals surface area (Å²) in [5.74, 6) is 0.939. The van der Waals surface area contributed by atoms with Gasteiger partial charge in [-0.25, -0.2) is 0 Å². The van der Waals surface area contributed by atoms with E-state index >= 15 is 0 Å². The number of nitrogens with zero attached hydrogens (tertiary/aromatic N) is 3.